The quantitative estimate of drug-likeness (QED) is 0.610. The van der Waals surface area contributed by atoms with Crippen molar-refractivity contribution in [2.24, 2.45) is 5.14 Å². The van der Waals surface area contributed by atoms with Crippen molar-refractivity contribution in [3.8, 4) is 16.9 Å². The van der Waals surface area contributed by atoms with Crippen molar-refractivity contribution in [1.82, 2.24) is 4.57 Å². The van der Waals surface area contributed by atoms with Crippen LogP contribution in [0.5, 0.6) is 0 Å². The molecule has 2 N–H and O–H groups in total. The van der Waals surface area contributed by atoms with Crippen LogP contribution < -0.4 is 40.5 Å². The van der Waals surface area contributed by atoms with Crippen molar-refractivity contribution in [3.05, 3.63) is 71.4 Å². The maximum Gasteiger partial charge on any atom is 1.00 e. The molecule has 0 saturated carbocycles. The minimum Gasteiger partial charge on any atom is -1.00 e. The minimum atomic E-state index is -3.75. The van der Waals surface area contributed by atoms with Gasteiger partial charge in [0.15, 0.2) is 0 Å². The van der Waals surface area contributed by atoms with E-state index in [2.05, 4.69) is 0 Å². The fourth-order valence-corrected chi connectivity index (χ4v) is 2.66. The van der Waals surface area contributed by atoms with Gasteiger partial charge >= 0.3 is 35.3 Å². The second-order valence-electron chi connectivity index (χ2n) is 4.63. The van der Waals surface area contributed by atoms with E-state index in [4.69, 9.17) is 9.56 Å². The van der Waals surface area contributed by atoms with Crippen LogP contribution in [-0.2, 0) is 10.0 Å². The molecular formula is C15H13N2NaO4S. The third-order valence-electron chi connectivity index (χ3n) is 3.19. The smallest absolute Gasteiger partial charge is 1.00 e. The summed E-state index contributed by atoms with van der Waals surface area (Å²) in [6, 6.07) is 14.9. The Labute approximate surface area is 156 Å². The normalized spacial score (nSPS) is 11.0. The Morgan fingerprint density at radius 3 is 2.17 bits per heavy atom. The molecule has 23 heavy (non-hydrogen) atoms. The summed E-state index contributed by atoms with van der Waals surface area (Å²) in [7, 11) is -3.75. The SMILES string of the molecule is NS(=O)(=O)c1ccc(-c2coc(=O)n2-c2ccccc2)cc1.[H-].[Na+]. The van der Waals surface area contributed by atoms with Gasteiger partial charge in [0, 0.05) is 5.56 Å². The molecule has 0 spiro atoms. The Balaban J connectivity index is 0.00000144. The Morgan fingerprint density at radius 2 is 1.61 bits per heavy atom. The number of sulfonamides is 1. The summed E-state index contributed by atoms with van der Waals surface area (Å²) in [6.45, 7) is 0. The van der Waals surface area contributed by atoms with E-state index in [9.17, 15) is 13.2 Å². The molecule has 6 nitrogen and oxygen atoms in total. The van der Waals surface area contributed by atoms with Crippen molar-refractivity contribution in [3.63, 3.8) is 0 Å². The largest absolute Gasteiger partial charge is 1.00 e. The fraction of sp³-hybridized carbons (Fsp3) is 0. The van der Waals surface area contributed by atoms with Crippen LogP contribution in [0.15, 0.2) is 75.0 Å². The van der Waals surface area contributed by atoms with Gasteiger partial charge in [0.1, 0.15) is 6.26 Å². The van der Waals surface area contributed by atoms with E-state index in [1.807, 2.05) is 18.2 Å². The van der Waals surface area contributed by atoms with E-state index in [-0.39, 0.29) is 35.9 Å². The first-order valence-corrected chi connectivity index (χ1v) is 7.90. The van der Waals surface area contributed by atoms with Crippen LogP contribution in [0.3, 0.4) is 0 Å². The first kappa shape index (κ1) is 17.7. The summed E-state index contributed by atoms with van der Waals surface area (Å²) >= 11 is 0. The zero-order valence-corrected chi connectivity index (χ0v) is 15.2. The Bertz CT molecular complexity index is 967. The van der Waals surface area contributed by atoms with Gasteiger partial charge in [-0.1, -0.05) is 30.3 Å². The number of primary sulfonamides is 1. The molecule has 0 unspecified atom stereocenters. The van der Waals surface area contributed by atoms with Gasteiger partial charge in [-0.2, -0.15) is 0 Å². The summed E-state index contributed by atoms with van der Waals surface area (Å²) in [4.78, 5) is 11.9. The molecule has 0 saturated heterocycles. The van der Waals surface area contributed by atoms with E-state index in [1.54, 1.807) is 24.3 Å². The van der Waals surface area contributed by atoms with Gasteiger partial charge in [0.25, 0.3) is 0 Å². The zero-order chi connectivity index (χ0) is 15.7. The first-order chi connectivity index (χ1) is 10.5. The van der Waals surface area contributed by atoms with Crippen LogP contribution in [-0.4, -0.2) is 13.0 Å². The third kappa shape index (κ3) is 3.65. The number of nitrogens with two attached hydrogens (primary N) is 1. The molecule has 0 aliphatic rings. The van der Waals surface area contributed by atoms with Gasteiger partial charge in [-0.25, -0.2) is 22.9 Å². The zero-order valence-electron chi connectivity index (χ0n) is 13.3. The number of hydrogen-bond acceptors (Lipinski definition) is 4. The predicted molar refractivity (Wildman–Crippen MR) is 82.2 cm³/mol. The number of para-hydroxylation sites is 1. The average Bonchev–Trinajstić information content (AvgIpc) is 2.89. The molecule has 114 valence electrons. The van der Waals surface area contributed by atoms with Crippen molar-refractivity contribution in [2.45, 2.75) is 4.90 Å². The van der Waals surface area contributed by atoms with Crippen LogP contribution in [0, 0.1) is 0 Å². The maximum atomic E-state index is 11.9. The minimum absolute atomic E-state index is 0. The third-order valence-corrected chi connectivity index (χ3v) is 4.12. The second kappa shape index (κ2) is 6.86. The summed E-state index contributed by atoms with van der Waals surface area (Å²) < 4.78 is 28.9. The number of hydrogen-bond donors (Lipinski definition) is 1. The van der Waals surface area contributed by atoms with Crippen LogP contribution in [0.2, 0.25) is 0 Å². The molecule has 0 fully saturated rings. The average molecular weight is 340 g/mol. The number of nitrogens with zero attached hydrogens (tertiary/aromatic N) is 1. The van der Waals surface area contributed by atoms with E-state index in [0.717, 1.165) is 0 Å². The monoisotopic (exact) mass is 340 g/mol. The van der Waals surface area contributed by atoms with Gasteiger partial charge in [-0.05, 0) is 24.3 Å². The van der Waals surface area contributed by atoms with E-state index >= 15 is 0 Å². The van der Waals surface area contributed by atoms with E-state index in [1.165, 1.54) is 23.0 Å². The maximum absolute atomic E-state index is 11.9. The summed E-state index contributed by atoms with van der Waals surface area (Å²) in [5, 5.41) is 5.07. The van der Waals surface area contributed by atoms with Crippen LogP contribution in [0.1, 0.15) is 1.43 Å². The number of rotatable bonds is 3. The van der Waals surface area contributed by atoms with Crippen LogP contribution >= 0.6 is 0 Å². The van der Waals surface area contributed by atoms with Gasteiger partial charge in [-0.15, -0.1) is 0 Å². The summed E-state index contributed by atoms with van der Waals surface area (Å²) in [5.41, 5.74) is 1.83. The molecule has 0 aliphatic carbocycles. The molecule has 0 bridgehead atoms. The predicted octanol–water partition coefficient (Wildman–Crippen LogP) is -1.14. The van der Waals surface area contributed by atoms with E-state index < -0.39 is 15.8 Å². The molecule has 0 aliphatic heterocycles. The molecule has 8 heteroatoms. The Hall–Kier alpha value is -1.64. The standard InChI is InChI=1S/C15H12N2O4S.Na.H/c16-22(19,20)13-8-6-11(7-9-13)14-10-21-15(18)17(14)12-4-2-1-3-5-12;;/h1-10H,(H2,16,19,20);;/q;+1;-1. The number of aromatic nitrogens is 1. The van der Waals surface area contributed by atoms with Crippen molar-refractivity contribution < 1.29 is 43.8 Å². The molecule has 1 aromatic heterocycles. The Morgan fingerprint density at radius 1 is 1.00 bits per heavy atom. The second-order valence-corrected chi connectivity index (χ2v) is 6.19. The van der Waals surface area contributed by atoms with Crippen molar-refractivity contribution >= 4 is 10.0 Å². The molecule has 0 radical (unpaired) electrons. The molecular weight excluding hydrogens is 327 g/mol. The summed E-state index contributed by atoms with van der Waals surface area (Å²) in [6.07, 6.45) is 1.33. The number of oxazole rings is 1. The van der Waals surface area contributed by atoms with Gasteiger partial charge in [0.05, 0.1) is 16.3 Å². The van der Waals surface area contributed by atoms with Crippen molar-refractivity contribution in [2.75, 3.05) is 0 Å². The Kier molecular flexibility index (Phi) is 5.28. The van der Waals surface area contributed by atoms with Crippen LogP contribution in [0.4, 0.5) is 0 Å². The molecule has 0 atom stereocenters. The topological polar surface area (TPSA) is 95.3 Å². The number of benzene rings is 2. The van der Waals surface area contributed by atoms with Gasteiger partial charge < -0.3 is 5.84 Å². The molecule has 1 heterocycles. The first-order valence-electron chi connectivity index (χ1n) is 6.36. The van der Waals surface area contributed by atoms with Crippen molar-refractivity contribution in [1.29, 1.82) is 0 Å². The molecule has 2 aromatic carbocycles. The molecule has 3 aromatic rings. The van der Waals surface area contributed by atoms with Gasteiger partial charge in [0.2, 0.25) is 10.0 Å². The van der Waals surface area contributed by atoms with Crippen LogP contribution in [0.25, 0.3) is 16.9 Å². The molecule has 0 amide bonds. The van der Waals surface area contributed by atoms with Gasteiger partial charge in [-0.3, -0.25) is 0 Å². The molecule has 3 rings (SSSR count). The van der Waals surface area contributed by atoms with E-state index in [0.29, 0.717) is 16.9 Å². The summed E-state index contributed by atoms with van der Waals surface area (Å²) in [5.74, 6) is -0.517. The fourth-order valence-electron chi connectivity index (χ4n) is 2.14.